The van der Waals surface area contributed by atoms with Crippen molar-refractivity contribution in [1.82, 2.24) is 9.55 Å². The number of unbranched alkanes of at least 4 members (excludes halogenated alkanes) is 1. The minimum atomic E-state index is -0.655. The molecule has 2 aromatic rings. The predicted octanol–water partition coefficient (Wildman–Crippen LogP) is 2.62. The summed E-state index contributed by atoms with van der Waals surface area (Å²) < 4.78 is 1.32. The number of nitrogens with two attached hydrogens (primary N) is 1. The van der Waals surface area contributed by atoms with Gasteiger partial charge in [0.05, 0.1) is 0 Å². The van der Waals surface area contributed by atoms with Gasteiger partial charge in [0.15, 0.2) is 5.69 Å². The Bertz CT molecular complexity index is 942. The molecule has 0 atom stereocenters. The molecule has 1 amide bonds. The number of hydrogen-bond donors (Lipinski definition) is 2. The maximum absolute atomic E-state index is 12.9. The van der Waals surface area contributed by atoms with Crippen LogP contribution in [0.4, 0.5) is 11.5 Å². The molecule has 1 aromatic carbocycles. The number of benzene rings is 1. The summed E-state index contributed by atoms with van der Waals surface area (Å²) in [5, 5.41) is 0. The van der Waals surface area contributed by atoms with Gasteiger partial charge in [0.1, 0.15) is 5.82 Å². The standard InChI is InChI=1S/C21H28N4O3/c1-4-5-13-24-19(22)18(20(27)23-21(24)28)25(14-15(2)3)17(26)12-11-16-9-7-6-8-10-16/h6-12,15H,4-5,13-14,22H2,1-3H3,(H,23,27,28)/b12-11+. The smallest absolute Gasteiger partial charge is 0.330 e. The SMILES string of the molecule is CCCCn1c(N)c(N(CC(C)C)C(=O)/C=C/c2ccccc2)c(=O)[nH]c1=O. The molecule has 1 aromatic heterocycles. The van der Waals surface area contributed by atoms with E-state index in [0.717, 1.165) is 18.4 Å². The van der Waals surface area contributed by atoms with Crippen LogP contribution in [0, 0.1) is 5.92 Å². The maximum Gasteiger partial charge on any atom is 0.330 e. The van der Waals surface area contributed by atoms with Crippen molar-refractivity contribution < 1.29 is 4.79 Å². The molecule has 0 spiro atoms. The van der Waals surface area contributed by atoms with Crippen LogP contribution in [0.25, 0.3) is 6.08 Å². The van der Waals surface area contributed by atoms with Gasteiger partial charge < -0.3 is 10.6 Å². The number of amides is 1. The first-order valence-electron chi connectivity index (χ1n) is 9.52. The van der Waals surface area contributed by atoms with Crippen LogP contribution in [0.5, 0.6) is 0 Å². The first-order chi connectivity index (χ1) is 13.3. The Hall–Kier alpha value is -3.09. The number of aromatic amines is 1. The molecule has 7 heteroatoms. The molecule has 0 fully saturated rings. The highest BCUT2D eigenvalue weighted by atomic mass is 16.2. The molecular formula is C21H28N4O3. The molecule has 0 saturated heterocycles. The number of nitrogen functional groups attached to an aromatic ring is 1. The third-order valence-corrected chi connectivity index (χ3v) is 4.25. The number of nitrogens with one attached hydrogen (secondary N) is 1. The quantitative estimate of drug-likeness (QED) is 0.683. The largest absolute Gasteiger partial charge is 0.383 e. The van der Waals surface area contributed by atoms with Crippen LogP contribution < -0.4 is 21.9 Å². The fraction of sp³-hybridized carbons (Fsp3) is 0.381. The number of nitrogens with zero attached hydrogens (tertiary/aromatic N) is 2. The second kappa shape index (κ2) is 9.73. The van der Waals surface area contributed by atoms with Crippen LogP contribution >= 0.6 is 0 Å². The van der Waals surface area contributed by atoms with E-state index in [1.54, 1.807) is 6.08 Å². The van der Waals surface area contributed by atoms with Crippen molar-refractivity contribution in [2.24, 2.45) is 5.92 Å². The number of aromatic nitrogens is 2. The van der Waals surface area contributed by atoms with Crippen LogP contribution in [0.1, 0.15) is 39.2 Å². The van der Waals surface area contributed by atoms with Crippen LogP contribution in [0.3, 0.4) is 0 Å². The molecule has 0 unspecified atom stereocenters. The van der Waals surface area contributed by atoms with Gasteiger partial charge in [0, 0.05) is 19.2 Å². The van der Waals surface area contributed by atoms with Gasteiger partial charge in [-0.05, 0) is 24.0 Å². The lowest BCUT2D eigenvalue weighted by Gasteiger charge is -2.25. The van der Waals surface area contributed by atoms with E-state index in [9.17, 15) is 14.4 Å². The van der Waals surface area contributed by atoms with Gasteiger partial charge in [-0.3, -0.25) is 19.1 Å². The number of carbonyl (C=O) groups is 1. The van der Waals surface area contributed by atoms with Crippen molar-refractivity contribution in [2.45, 2.75) is 40.2 Å². The van der Waals surface area contributed by atoms with Crippen molar-refractivity contribution in [1.29, 1.82) is 0 Å². The lowest BCUT2D eigenvalue weighted by molar-refractivity contribution is -0.114. The zero-order valence-electron chi connectivity index (χ0n) is 16.6. The molecule has 0 aliphatic rings. The lowest BCUT2D eigenvalue weighted by Crippen LogP contribution is -2.42. The van der Waals surface area contributed by atoms with E-state index in [1.165, 1.54) is 15.5 Å². The number of hydrogen-bond acceptors (Lipinski definition) is 4. The summed E-state index contributed by atoms with van der Waals surface area (Å²) in [4.78, 5) is 41.2. The summed E-state index contributed by atoms with van der Waals surface area (Å²) >= 11 is 0. The average molecular weight is 384 g/mol. The maximum atomic E-state index is 12.9. The molecular weight excluding hydrogens is 356 g/mol. The summed E-state index contributed by atoms with van der Waals surface area (Å²) in [5.74, 6) is -0.247. The topological polar surface area (TPSA) is 101 Å². The summed E-state index contributed by atoms with van der Waals surface area (Å²) in [7, 11) is 0. The highest BCUT2D eigenvalue weighted by molar-refractivity contribution is 6.05. The Kier molecular flexibility index (Phi) is 7.37. The van der Waals surface area contributed by atoms with E-state index in [1.807, 2.05) is 51.1 Å². The number of H-pyrrole nitrogens is 1. The van der Waals surface area contributed by atoms with Crippen LogP contribution in [-0.2, 0) is 11.3 Å². The van der Waals surface area contributed by atoms with E-state index in [4.69, 9.17) is 5.73 Å². The molecule has 0 bridgehead atoms. The fourth-order valence-corrected chi connectivity index (χ4v) is 2.85. The van der Waals surface area contributed by atoms with Crippen molar-refractivity contribution in [2.75, 3.05) is 17.2 Å². The predicted molar refractivity (Wildman–Crippen MR) is 113 cm³/mol. The van der Waals surface area contributed by atoms with Gasteiger partial charge >= 0.3 is 5.69 Å². The Morgan fingerprint density at radius 1 is 1.25 bits per heavy atom. The van der Waals surface area contributed by atoms with Crippen molar-refractivity contribution in [3.8, 4) is 0 Å². The molecule has 150 valence electrons. The molecule has 0 saturated carbocycles. The lowest BCUT2D eigenvalue weighted by atomic mass is 10.1. The molecule has 7 nitrogen and oxygen atoms in total. The monoisotopic (exact) mass is 384 g/mol. The Balaban J connectivity index is 2.47. The zero-order valence-corrected chi connectivity index (χ0v) is 16.6. The first kappa shape index (κ1) is 21.2. The summed E-state index contributed by atoms with van der Waals surface area (Å²) in [5.41, 5.74) is 5.85. The van der Waals surface area contributed by atoms with E-state index >= 15 is 0 Å². The summed E-state index contributed by atoms with van der Waals surface area (Å²) in [6.07, 6.45) is 4.71. The molecule has 3 N–H and O–H groups in total. The number of carbonyl (C=O) groups excluding carboxylic acids is 1. The van der Waals surface area contributed by atoms with Crippen molar-refractivity contribution in [3.05, 3.63) is 62.8 Å². The molecule has 1 heterocycles. The average Bonchev–Trinajstić information content (AvgIpc) is 2.65. The van der Waals surface area contributed by atoms with Gasteiger partial charge in [0.25, 0.3) is 11.5 Å². The third kappa shape index (κ3) is 5.22. The van der Waals surface area contributed by atoms with Crippen LogP contribution in [-0.4, -0.2) is 22.0 Å². The summed E-state index contributed by atoms with van der Waals surface area (Å²) in [6, 6.07) is 9.40. The van der Waals surface area contributed by atoms with Crippen molar-refractivity contribution >= 4 is 23.5 Å². The van der Waals surface area contributed by atoms with Crippen LogP contribution in [0.15, 0.2) is 46.0 Å². The Labute approximate surface area is 164 Å². The Morgan fingerprint density at radius 3 is 2.54 bits per heavy atom. The van der Waals surface area contributed by atoms with Crippen molar-refractivity contribution in [3.63, 3.8) is 0 Å². The van der Waals surface area contributed by atoms with E-state index < -0.39 is 11.2 Å². The van der Waals surface area contributed by atoms with E-state index in [2.05, 4.69) is 4.98 Å². The van der Waals surface area contributed by atoms with Gasteiger partial charge in [-0.25, -0.2) is 4.79 Å². The highest BCUT2D eigenvalue weighted by Gasteiger charge is 2.23. The molecule has 0 aliphatic heterocycles. The minimum Gasteiger partial charge on any atom is -0.383 e. The van der Waals surface area contributed by atoms with Gasteiger partial charge in [-0.1, -0.05) is 57.5 Å². The number of rotatable bonds is 8. The first-order valence-corrected chi connectivity index (χ1v) is 9.52. The zero-order chi connectivity index (χ0) is 20.7. The van der Waals surface area contributed by atoms with E-state index in [0.29, 0.717) is 13.1 Å². The molecule has 0 radical (unpaired) electrons. The second-order valence-corrected chi connectivity index (χ2v) is 7.09. The molecule has 2 rings (SSSR count). The number of anilines is 2. The summed E-state index contributed by atoms with van der Waals surface area (Å²) in [6.45, 7) is 6.57. The minimum absolute atomic E-state index is 0.0179. The molecule has 0 aliphatic carbocycles. The fourth-order valence-electron chi connectivity index (χ4n) is 2.85. The van der Waals surface area contributed by atoms with Gasteiger partial charge in [0.2, 0.25) is 0 Å². The third-order valence-electron chi connectivity index (χ3n) is 4.25. The van der Waals surface area contributed by atoms with Gasteiger partial charge in [-0.15, -0.1) is 0 Å². The normalized spacial score (nSPS) is 11.3. The van der Waals surface area contributed by atoms with Gasteiger partial charge in [-0.2, -0.15) is 0 Å². The Morgan fingerprint density at radius 2 is 1.93 bits per heavy atom. The second-order valence-electron chi connectivity index (χ2n) is 7.09. The van der Waals surface area contributed by atoms with E-state index in [-0.39, 0.29) is 23.3 Å². The molecule has 28 heavy (non-hydrogen) atoms. The van der Waals surface area contributed by atoms with Crippen LogP contribution in [0.2, 0.25) is 0 Å². The highest BCUT2D eigenvalue weighted by Crippen LogP contribution is 2.19.